The van der Waals surface area contributed by atoms with Crippen LogP contribution in [-0.2, 0) is 4.74 Å². The molecular formula is C19H22N4O2. The monoisotopic (exact) mass is 338 g/mol. The Labute approximate surface area is 147 Å². The van der Waals surface area contributed by atoms with Gasteiger partial charge in [0.2, 0.25) is 0 Å². The van der Waals surface area contributed by atoms with E-state index in [1.54, 1.807) is 11.0 Å². The van der Waals surface area contributed by atoms with Crippen LogP contribution >= 0.6 is 0 Å². The molecule has 6 nitrogen and oxygen atoms in total. The lowest BCUT2D eigenvalue weighted by Gasteiger charge is -2.33. The van der Waals surface area contributed by atoms with E-state index in [0.717, 1.165) is 29.6 Å². The van der Waals surface area contributed by atoms with Gasteiger partial charge in [-0.2, -0.15) is 0 Å². The first-order valence-electron chi connectivity index (χ1n) is 8.49. The van der Waals surface area contributed by atoms with Crippen molar-refractivity contribution >= 4 is 22.9 Å². The van der Waals surface area contributed by atoms with E-state index in [9.17, 15) is 4.79 Å². The Bertz CT molecular complexity index is 827. The maximum absolute atomic E-state index is 12.1. The summed E-state index contributed by atoms with van der Waals surface area (Å²) in [5.41, 5.74) is 2.10. The number of amides is 1. The lowest BCUT2D eigenvalue weighted by atomic mass is 9.93. The number of carbonyl (C=O) groups is 1. The Morgan fingerprint density at radius 3 is 2.44 bits per heavy atom. The molecule has 1 aliphatic heterocycles. The summed E-state index contributed by atoms with van der Waals surface area (Å²) in [7, 11) is 0. The predicted octanol–water partition coefficient (Wildman–Crippen LogP) is 4.30. The summed E-state index contributed by atoms with van der Waals surface area (Å²) in [5.74, 6) is 0.705. The van der Waals surface area contributed by atoms with Crippen LogP contribution in [0.3, 0.4) is 0 Å². The molecule has 0 saturated carbocycles. The van der Waals surface area contributed by atoms with E-state index in [0.29, 0.717) is 24.8 Å². The molecule has 0 unspecified atom stereocenters. The number of likely N-dealkylation sites (tertiary alicyclic amines) is 1. The summed E-state index contributed by atoms with van der Waals surface area (Å²) in [6.07, 6.45) is 1.49. The third kappa shape index (κ3) is 4.05. The minimum absolute atomic E-state index is 0.242. The fourth-order valence-corrected chi connectivity index (χ4v) is 2.99. The standard InChI is InChI=1S/C19H22N4O2/c1-19(2,3)25-18(24)23-11-9-13(10-12-23)14-5-6-16-15(21-14)7-8-17(20-4)22-16/h5-8,13H,9-12H2,1-3H3. The predicted molar refractivity (Wildman–Crippen MR) is 95.6 cm³/mol. The first-order chi connectivity index (χ1) is 11.9. The summed E-state index contributed by atoms with van der Waals surface area (Å²) >= 11 is 0. The van der Waals surface area contributed by atoms with Gasteiger partial charge in [-0.3, -0.25) is 0 Å². The lowest BCUT2D eigenvalue weighted by molar-refractivity contribution is 0.0204. The van der Waals surface area contributed by atoms with Crippen molar-refractivity contribution in [1.29, 1.82) is 0 Å². The third-order valence-electron chi connectivity index (χ3n) is 4.23. The number of carbonyl (C=O) groups excluding carboxylic acids is 1. The molecule has 0 atom stereocenters. The molecule has 1 aliphatic rings. The van der Waals surface area contributed by atoms with Crippen LogP contribution in [0.4, 0.5) is 10.6 Å². The van der Waals surface area contributed by atoms with Gasteiger partial charge in [0.05, 0.1) is 0 Å². The normalized spacial score (nSPS) is 15.8. The second kappa shape index (κ2) is 6.67. The molecule has 1 saturated heterocycles. The Balaban J connectivity index is 1.68. The molecule has 25 heavy (non-hydrogen) atoms. The van der Waals surface area contributed by atoms with Gasteiger partial charge in [-0.25, -0.2) is 9.78 Å². The molecule has 1 fully saturated rings. The highest BCUT2D eigenvalue weighted by molar-refractivity contribution is 5.76. The van der Waals surface area contributed by atoms with E-state index in [1.165, 1.54) is 0 Å². The van der Waals surface area contributed by atoms with E-state index < -0.39 is 5.60 Å². The van der Waals surface area contributed by atoms with Gasteiger partial charge in [-0.15, -0.1) is 4.98 Å². The van der Waals surface area contributed by atoms with Crippen molar-refractivity contribution in [2.75, 3.05) is 13.1 Å². The number of hydrogen-bond donors (Lipinski definition) is 0. The Hall–Kier alpha value is -2.68. The zero-order valence-electron chi connectivity index (χ0n) is 14.8. The molecule has 0 aliphatic carbocycles. The van der Waals surface area contributed by atoms with Gasteiger partial charge in [-0.05, 0) is 57.9 Å². The highest BCUT2D eigenvalue weighted by Gasteiger charge is 2.28. The molecule has 0 aromatic carbocycles. The lowest BCUT2D eigenvalue weighted by Crippen LogP contribution is -2.41. The smallest absolute Gasteiger partial charge is 0.410 e. The second-order valence-electron chi connectivity index (χ2n) is 7.30. The van der Waals surface area contributed by atoms with Gasteiger partial charge < -0.3 is 14.5 Å². The van der Waals surface area contributed by atoms with Crippen LogP contribution in [0.25, 0.3) is 15.9 Å². The fourth-order valence-electron chi connectivity index (χ4n) is 2.99. The molecule has 0 spiro atoms. The zero-order valence-corrected chi connectivity index (χ0v) is 14.8. The number of piperidine rings is 1. The number of fused-ring (bicyclic) bond motifs is 1. The maximum Gasteiger partial charge on any atom is 0.410 e. The summed E-state index contributed by atoms with van der Waals surface area (Å²) < 4.78 is 5.44. The number of ether oxygens (including phenoxy) is 1. The maximum atomic E-state index is 12.1. The highest BCUT2D eigenvalue weighted by Crippen LogP contribution is 2.29. The molecule has 6 heteroatoms. The van der Waals surface area contributed by atoms with Crippen molar-refractivity contribution in [1.82, 2.24) is 14.9 Å². The van der Waals surface area contributed by atoms with Crippen molar-refractivity contribution in [2.24, 2.45) is 0 Å². The minimum atomic E-state index is -0.467. The number of pyridine rings is 2. The quantitative estimate of drug-likeness (QED) is 0.728. The summed E-state index contributed by atoms with van der Waals surface area (Å²) in [6.45, 7) is 14.0. The summed E-state index contributed by atoms with van der Waals surface area (Å²) in [6, 6.07) is 7.44. The number of aromatic nitrogens is 2. The van der Waals surface area contributed by atoms with Crippen molar-refractivity contribution in [2.45, 2.75) is 45.1 Å². The van der Waals surface area contributed by atoms with E-state index in [2.05, 4.69) is 9.83 Å². The summed E-state index contributed by atoms with van der Waals surface area (Å²) in [4.78, 5) is 26.2. The summed E-state index contributed by atoms with van der Waals surface area (Å²) in [5, 5.41) is 0. The highest BCUT2D eigenvalue weighted by atomic mass is 16.6. The molecule has 0 N–H and O–H groups in total. The van der Waals surface area contributed by atoms with Crippen molar-refractivity contribution < 1.29 is 9.53 Å². The van der Waals surface area contributed by atoms with Crippen LogP contribution in [0.2, 0.25) is 0 Å². The van der Waals surface area contributed by atoms with E-state index >= 15 is 0 Å². The van der Waals surface area contributed by atoms with Crippen molar-refractivity contribution in [3.8, 4) is 0 Å². The molecule has 1 amide bonds. The van der Waals surface area contributed by atoms with E-state index in [4.69, 9.17) is 16.3 Å². The zero-order chi connectivity index (χ0) is 18.0. The second-order valence-corrected chi connectivity index (χ2v) is 7.30. The average Bonchev–Trinajstić information content (AvgIpc) is 2.59. The fraction of sp³-hybridized carbons (Fsp3) is 0.474. The molecule has 2 aromatic rings. The molecular weight excluding hydrogens is 316 g/mol. The van der Waals surface area contributed by atoms with E-state index in [-0.39, 0.29) is 6.09 Å². The Kier molecular flexibility index (Phi) is 4.58. The van der Waals surface area contributed by atoms with Gasteiger partial charge in [0.25, 0.3) is 5.82 Å². The largest absolute Gasteiger partial charge is 0.444 e. The average molecular weight is 338 g/mol. The molecule has 130 valence electrons. The van der Waals surface area contributed by atoms with Gasteiger partial charge in [0.1, 0.15) is 11.1 Å². The van der Waals surface area contributed by atoms with Gasteiger partial charge in [-0.1, -0.05) is 6.57 Å². The van der Waals surface area contributed by atoms with Gasteiger partial charge in [0.15, 0.2) is 5.52 Å². The van der Waals surface area contributed by atoms with Crippen molar-refractivity contribution in [3.05, 3.63) is 41.4 Å². The molecule has 2 aromatic heterocycles. The SMILES string of the molecule is [C-]#[N+]c1ccc2nc(C3CCN(C(=O)OC(C)(C)C)CC3)ccc2n1. The first-order valence-corrected chi connectivity index (χ1v) is 8.49. The van der Waals surface area contributed by atoms with Gasteiger partial charge in [0, 0.05) is 24.7 Å². The molecule has 0 bridgehead atoms. The topological polar surface area (TPSA) is 59.7 Å². The molecule has 3 heterocycles. The third-order valence-corrected chi connectivity index (χ3v) is 4.23. The van der Waals surface area contributed by atoms with Crippen molar-refractivity contribution in [3.63, 3.8) is 0 Å². The number of rotatable bonds is 1. The number of nitrogens with zero attached hydrogens (tertiary/aromatic N) is 4. The number of hydrogen-bond acceptors (Lipinski definition) is 4. The van der Waals surface area contributed by atoms with Crippen LogP contribution in [0.15, 0.2) is 24.3 Å². The Morgan fingerprint density at radius 2 is 1.80 bits per heavy atom. The van der Waals surface area contributed by atoms with Crippen LogP contribution in [0.5, 0.6) is 0 Å². The Morgan fingerprint density at radius 1 is 1.16 bits per heavy atom. The van der Waals surface area contributed by atoms with E-state index in [1.807, 2.05) is 39.0 Å². The van der Waals surface area contributed by atoms with Crippen LogP contribution in [-0.4, -0.2) is 39.7 Å². The molecule has 3 rings (SSSR count). The minimum Gasteiger partial charge on any atom is -0.444 e. The van der Waals surface area contributed by atoms with Crippen LogP contribution in [0, 0.1) is 6.57 Å². The van der Waals surface area contributed by atoms with Crippen LogP contribution in [0.1, 0.15) is 45.2 Å². The van der Waals surface area contributed by atoms with Gasteiger partial charge >= 0.3 is 6.09 Å². The first kappa shape index (κ1) is 17.2. The molecule has 0 radical (unpaired) electrons. The van der Waals surface area contributed by atoms with Crippen LogP contribution < -0.4 is 0 Å².